The zero-order chi connectivity index (χ0) is 8.31. The van der Waals surface area contributed by atoms with Gasteiger partial charge in [0.05, 0.1) is 11.9 Å². The van der Waals surface area contributed by atoms with E-state index >= 15 is 0 Å². The topological polar surface area (TPSA) is 184 Å². The molecule has 0 rings (SSSR count). The maximum absolute atomic E-state index is 9.63. The summed E-state index contributed by atoms with van der Waals surface area (Å²) < 4.78 is 0. The number of carboxylic acids is 2. The molecule has 10 heteroatoms. The fraction of sp³-hybridized carbons (Fsp3) is 0.500. The Morgan fingerprint density at radius 3 is 1.07 bits per heavy atom. The molecule has 0 unspecified atom stereocenters. The van der Waals surface area contributed by atoms with Crippen LogP contribution in [0.15, 0.2) is 0 Å². The first-order chi connectivity index (χ1) is 4.46. The van der Waals surface area contributed by atoms with Gasteiger partial charge in [0.1, 0.15) is 12.2 Å². The van der Waals surface area contributed by atoms with Crippen LogP contribution in [0, 0.1) is 0 Å². The van der Waals surface area contributed by atoms with Crippen LogP contribution in [0.2, 0.25) is 0 Å². The fourth-order valence-electron chi connectivity index (χ4n) is 0.258. The number of carboxylic acid groups (broad SMARTS) is 2. The Bertz CT molecular complexity index is 143. The van der Waals surface area contributed by atoms with E-state index in [0.717, 1.165) is 0 Å². The summed E-state index contributed by atoms with van der Waals surface area (Å²) >= 11 is 0. The molecule has 14 heavy (non-hydrogen) atoms. The van der Waals surface area contributed by atoms with Crippen LogP contribution in [0.25, 0.3) is 0 Å². The molecule has 0 aliphatic carbocycles. The summed E-state index contributed by atoms with van der Waals surface area (Å²) in [7, 11) is 0. The van der Waals surface area contributed by atoms with Crippen LogP contribution in [0.3, 0.4) is 0 Å². The van der Waals surface area contributed by atoms with E-state index in [9.17, 15) is 19.8 Å². The molecule has 74 valence electrons. The quantitative estimate of drug-likeness (QED) is 0.453. The van der Waals surface area contributed by atoms with Gasteiger partial charge in [-0.2, -0.15) is 0 Å². The first-order valence-electron chi connectivity index (χ1n) is 2.24. The van der Waals surface area contributed by atoms with Crippen LogP contribution in [-0.2, 0) is 9.59 Å². The largest absolute Gasteiger partial charge is 1.00 e. The third-order valence-electron chi connectivity index (χ3n) is 0.782. The third kappa shape index (κ3) is 10.9. The molecule has 0 aliphatic heterocycles. The zero-order valence-corrected chi connectivity index (χ0v) is 11.7. The Balaban J connectivity index is -0.0000000675. The molecule has 0 bridgehead atoms. The molecule has 0 radical (unpaired) electrons. The minimum atomic E-state index is -2.44. The average Bonchev–Trinajstić information content (AvgIpc) is 1.84. The molecule has 0 aromatic heterocycles. The van der Waals surface area contributed by atoms with Crippen molar-refractivity contribution in [3.63, 3.8) is 0 Å². The van der Waals surface area contributed by atoms with E-state index in [1.54, 1.807) is 0 Å². The van der Waals surface area contributed by atoms with Crippen LogP contribution in [0.5, 0.6) is 0 Å². The molecule has 0 saturated heterocycles. The van der Waals surface area contributed by atoms with Crippen molar-refractivity contribution < 1.29 is 100 Å². The van der Waals surface area contributed by atoms with Crippen LogP contribution >= 0.6 is 0 Å². The van der Waals surface area contributed by atoms with Crippen LogP contribution in [0.1, 0.15) is 0 Å². The van der Waals surface area contributed by atoms with E-state index in [1.807, 2.05) is 0 Å². The van der Waals surface area contributed by atoms with Gasteiger partial charge in [-0.1, -0.05) is 0 Å². The Hall–Kier alpha value is 0.780. The number of aliphatic carboxylic acids is 2. The van der Waals surface area contributed by atoms with Gasteiger partial charge in [-0.25, -0.2) is 0 Å². The first kappa shape index (κ1) is 29.3. The molecular formula is C4H8Na2O8. The Kier molecular flexibility index (Phi) is 28.9. The van der Waals surface area contributed by atoms with E-state index in [1.165, 1.54) is 0 Å². The summed E-state index contributed by atoms with van der Waals surface area (Å²) in [6.45, 7) is 0. The predicted octanol–water partition coefficient (Wildman–Crippen LogP) is -12.4. The molecule has 0 aromatic carbocycles. The van der Waals surface area contributed by atoms with Crippen molar-refractivity contribution in [2.24, 2.45) is 0 Å². The van der Waals surface area contributed by atoms with Crippen molar-refractivity contribution >= 4 is 11.9 Å². The molecule has 0 spiro atoms. The molecular weight excluding hydrogens is 222 g/mol. The van der Waals surface area contributed by atoms with Gasteiger partial charge in [-0.05, 0) is 0 Å². The Labute approximate surface area is 123 Å². The summed E-state index contributed by atoms with van der Waals surface area (Å²) in [5, 5.41) is 35.7. The van der Waals surface area contributed by atoms with Gasteiger partial charge in [0.2, 0.25) is 0 Å². The summed E-state index contributed by atoms with van der Waals surface area (Å²) in [4.78, 5) is 19.3. The minimum Gasteiger partial charge on any atom is -0.547 e. The molecule has 0 saturated carbocycles. The van der Waals surface area contributed by atoms with Crippen molar-refractivity contribution in [1.82, 2.24) is 0 Å². The summed E-state index contributed by atoms with van der Waals surface area (Å²) in [5.41, 5.74) is 0. The van der Waals surface area contributed by atoms with Gasteiger partial charge in [-0.15, -0.1) is 0 Å². The van der Waals surface area contributed by atoms with Gasteiger partial charge < -0.3 is 41.0 Å². The second-order valence-corrected chi connectivity index (χ2v) is 1.53. The Morgan fingerprint density at radius 2 is 1.00 bits per heavy atom. The normalized spacial score (nSPS) is 11.3. The van der Waals surface area contributed by atoms with E-state index in [4.69, 9.17) is 10.2 Å². The molecule has 8 nitrogen and oxygen atoms in total. The third-order valence-corrected chi connectivity index (χ3v) is 0.782. The summed E-state index contributed by atoms with van der Waals surface area (Å²) in [6.07, 6.45) is -4.88. The van der Waals surface area contributed by atoms with E-state index in [-0.39, 0.29) is 70.1 Å². The number of carbonyl (C=O) groups is 2. The molecule has 0 heterocycles. The second-order valence-electron chi connectivity index (χ2n) is 1.53. The SMILES string of the molecule is O.O.O=C([O-])[C@@H](O)[C@H](O)C(=O)[O-].[Na+].[Na+]. The number of hydrogen-bond donors (Lipinski definition) is 2. The number of aliphatic hydroxyl groups excluding tert-OH is 2. The molecule has 0 aliphatic rings. The monoisotopic (exact) mass is 230 g/mol. The van der Waals surface area contributed by atoms with Crippen LogP contribution in [-0.4, -0.2) is 45.3 Å². The van der Waals surface area contributed by atoms with E-state index in [2.05, 4.69) is 0 Å². The minimum absolute atomic E-state index is 0. The maximum Gasteiger partial charge on any atom is 1.00 e. The summed E-state index contributed by atoms with van der Waals surface area (Å²) in [5.74, 6) is -4.12. The van der Waals surface area contributed by atoms with Crippen molar-refractivity contribution in [2.75, 3.05) is 0 Å². The summed E-state index contributed by atoms with van der Waals surface area (Å²) in [6, 6.07) is 0. The van der Waals surface area contributed by atoms with Crippen molar-refractivity contribution in [2.45, 2.75) is 12.2 Å². The van der Waals surface area contributed by atoms with Crippen molar-refractivity contribution in [1.29, 1.82) is 0 Å². The smallest absolute Gasteiger partial charge is 0.547 e. The van der Waals surface area contributed by atoms with Gasteiger partial charge in [0.15, 0.2) is 0 Å². The number of rotatable bonds is 3. The first-order valence-corrected chi connectivity index (χ1v) is 2.24. The van der Waals surface area contributed by atoms with Gasteiger partial charge in [0, 0.05) is 0 Å². The van der Waals surface area contributed by atoms with E-state index in [0.29, 0.717) is 0 Å². The van der Waals surface area contributed by atoms with Gasteiger partial charge in [0.25, 0.3) is 0 Å². The number of carbonyl (C=O) groups excluding carboxylic acids is 2. The van der Waals surface area contributed by atoms with Crippen molar-refractivity contribution in [3.8, 4) is 0 Å². The molecule has 0 aromatic rings. The average molecular weight is 230 g/mol. The molecule has 6 N–H and O–H groups in total. The van der Waals surface area contributed by atoms with E-state index < -0.39 is 24.1 Å². The Morgan fingerprint density at radius 1 is 0.857 bits per heavy atom. The standard InChI is InChI=1S/C4H6O6.2Na.2H2O/c5-1(3(7)8)2(6)4(9)10;;;;/h1-2,5-6H,(H,7,8)(H,9,10);;;2*1H2/q;2*+1;;/p-2/t1-,2-;;;;/m0..../s1. The van der Waals surface area contributed by atoms with Crippen LogP contribution < -0.4 is 69.3 Å². The molecule has 0 fully saturated rings. The maximum atomic E-state index is 9.63. The number of aliphatic hydroxyl groups is 2. The van der Waals surface area contributed by atoms with Crippen molar-refractivity contribution in [3.05, 3.63) is 0 Å². The number of hydrogen-bond acceptors (Lipinski definition) is 6. The zero-order valence-electron chi connectivity index (χ0n) is 7.68. The van der Waals surface area contributed by atoms with Gasteiger partial charge >= 0.3 is 59.1 Å². The van der Waals surface area contributed by atoms with Crippen LogP contribution in [0.4, 0.5) is 0 Å². The molecule has 0 amide bonds. The molecule has 2 atom stereocenters. The van der Waals surface area contributed by atoms with Gasteiger partial charge in [-0.3, -0.25) is 0 Å². The predicted molar refractivity (Wildman–Crippen MR) is 29.3 cm³/mol. The second kappa shape index (κ2) is 13.8. The fourth-order valence-corrected chi connectivity index (χ4v) is 0.258.